The summed E-state index contributed by atoms with van der Waals surface area (Å²) >= 11 is 0. The highest BCUT2D eigenvalue weighted by atomic mass is 16.2. The standard InChI is InChI=1S/C19H22N4O2/c1-22-16(15(12-20)17(24)23(2)18(22)25)21-13-19(10-6-7-11-19)14-8-4-3-5-9-14/h3-5,8-9,21H,6-7,10-11,13H2,1-2H3. The summed E-state index contributed by atoms with van der Waals surface area (Å²) in [6, 6.07) is 12.3. The molecule has 1 aliphatic rings. The maximum absolute atomic E-state index is 12.2. The number of hydrogen-bond donors (Lipinski definition) is 1. The van der Waals surface area contributed by atoms with Gasteiger partial charge in [-0.1, -0.05) is 43.2 Å². The summed E-state index contributed by atoms with van der Waals surface area (Å²) < 4.78 is 2.31. The number of nitrogens with zero attached hydrogens (tertiary/aromatic N) is 3. The van der Waals surface area contributed by atoms with Crippen LogP contribution in [0.15, 0.2) is 39.9 Å². The van der Waals surface area contributed by atoms with E-state index in [1.165, 1.54) is 17.2 Å². The Kier molecular flexibility index (Phi) is 4.49. The van der Waals surface area contributed by atoms with Crippen LogP contribution >= 0.6 is 0 Å². The zero-order chi connectivity index (χ0) is 18.0. The molecule has 0 aliphatic heterocycles. The van der Waals surface area contributed by atoms with Crippen LogP contribution < -0.4 is 16.6 Å². The highest BCUT2D eigenvalue weighted by Crippen LogP contribution is 2.41. The third-order valence-electron chi connectivity index (χ3n) is 5.32. The van der Waals surface area contributed by atoms with Crippen molar-refractivity contribution in [3.63, 3.8) is 0 Å². The summed E-state index contributed by atoms with van der Waals surface area (Å²) in [7, 11) is 2.96. The maximum atomic E-state index is 12.2. The Balaban J connectivity index is 2.00. The van der Waals surface area contributed by atoms with E-state index in [0.717, 1.165) is 30.3 Å². The first-order valence-corrected chi connectivity index (χ1v) is 8.50. The van der Waals surface area contributed by atoms with Crippen molar-refractivity contribution < 1.29 is 0 Å². The fourth-order valence-electron chi connectivity index (χ4n) is 3.82. The summed E-state index contributed by atoms with van der Waals surface area (Å²) in [5.74, 6) is 0.304. The van der Waals surface area contributed by atoms with E-state index in [9.17, 15) is 14.9 Å². The summed E-state index contributed by atoms with van der Waals surface area (Å²) in [6.45, 7) is 0.589. The van der Waals surface area contributed by atoms with Crippen molar-refractivity contribution in [2.75, 3.05) is 11.9 Å². The second-order valence-corrected chi connectivity index (χ2v) is 6.75. The van der Waals surface area contributed by atoms with Gasteiger partial charge in [0.2, 0.25) is 0 Å². The second-order valence-electron chi connectivity index (χ2n) is 6.75. The molecular weight excluding hydrogens is 316 g/mol. The second kappa shape index (κ2) is 6.60. The molecule has 1 fully saturated rings. The van der Waals surface area contributed by atoms with Gasteiger partial charge in [-0.25, -0.2) is 4.79 Å². The zero-order valence-electron chi connectivity index (χ0n) is 14.6. The van der Waals surface area contributed by atoms with Crippen molar-refractivity contribution in [1.29, 1.82) is 5.26 Å². The van der Waals surface area contributed by atoms with Crippen LogP contribution in [-0.2, 0) is 19.5 Å². The van der Waals surface area contributed by atoms with E-state index >= 15 is 0 Å². The lowest BCUT2D eigenvalue weighted by Gasteiger charge is -2.31. The van der Waals surface area contributed by atoms with Gasteiger partial charge >= 0.3 is 5.69 Å². The molecule has 25 heavy (non-hydrogen) atoms. The fourth-order valence-corrected chi connectivity index (χ4v) is 3.82. The van der Waals surface area contributed by atoms with Gasteiger partial charge in [0, 0.05) is 26.1 Å². The molecule has 1 aromatic heterocycles. The summed E-state index contributed by atoms with van der Waals surface area (Å²) in [4.78, 5) is 24.4. The van der Waals surface area contributed by atoms with Crippen LogP contribution in [0.5, 0.6) is 0 Å². The van der Waals surface area contributed by atoms with Gasteiger partial charge in [0.05, 0.1) is 0 Å². The molecule has 0 atom stereocenters. The molecule has 0 spiro atoms. The van der Waals surface area contributed by atoms with E-state index < -0.39 is 11.2 Å². The lowest BCUT2D eigenvalue weighted by Crippen LogP contribution is -2.41. The van der Waals surface area contributed by atoms with Gasteiger partial charge in [-0.05, 0) is 18.4 Å². The van der Waals surface area contributed by atoms with Crippen molar-refractivity contribution in [1.82, 2.24) is 9.13 Å². The molecule has 1 saturated carbocycles. The van der Waals surface area contributed by atoms with Crippen molar-refractivity contribution >= 4 is 5.82 Å². The number of anilines is 1. The minimum absolute atomic E-state index is 0.0224. The van der Waals surface area contributed by atoms with Gasteiger partial charge in [-0.15, -0.1) is 0 Å². The first kappa shape index (κ1) is 17.0. The first-order valence-electron chi connectivity index (χ1n) is 8.50. The van der Waals surface area contributed by atoms with E-state index in [0.29, 0.717) is 12.4 Å². The summed E-state index contributed by atoms with van der Waals surface area (Å²) in [5.41, 5.74) is 0.198. The van der Waals surface area contributed by atoms with Gasteiger partial charge in [0.15, 0.2) is 5.56 Å². The molecule has 0 radical (unpaired) electrons. The van der Waals surface area contributed by atoms with E-state index in [1.54, 1.807) is 7.05 Å². The Morgan fingerprint density at radius 3 is 2.36 bits per heavy atom. The molecule has 6 heteroatoms. The van der Waals surface area contributed by atoms with E-state index in [4.69, 9.17) is 0 Å². The Labute approximate surface area is 146 Å². The van der Waals surface area contributed by atoms with Crippen LogP contribution in [0.25, 0.3) is 0 Å². The molecule has 0 bridgehead atoms. The normalized spacial score (nSPS) is 15.7. The van der Waals surface area contributed by atoms with E-state index in [2.05, 4.69) is 17.4 Å². The van der Waals surface area contributed by atoms with Crippen LogP contribution in [-0.4, -0.2) is 15.7 Å². The van der Waals surface area contributed by atoms with Gasteiger partial charge in [-0.2, -0.15) is 5.26 Å². The van der Waals surface area contributed by atoms with E-state index in [1.807, 2.05) is 24.3 Å². The Morgan fingerprint density at radius 1 is 1.12 bits per heavy atom. The molecule has 1 aliphatic carbocycles. The van der Waals surface area contributed by atoms with Crippen LogP contribution in [0.2, 0.25) is 0 Å². The van der Waals surface area contributed by atoms with Crippen molar-refractivity contribution in [2.24, 2.45) is 14.1 Å². The van der Waals surface area contributed by atoms with Gasteiger partial charge in [0.1, 0.15) is 11.9 Å². The molecular formula is C19H22N4O2. The monoisotopic (exact) mass is 338 g/mol. The van der Waals surface area contributed by atoms with E-state index in [-0.39, 0.29) is 11.0 Å². The number of rotatable bonds is 4. The zero-order valence-corrected chi connectivity index (χ0v) is 14.6. The molecule has 0 unspecified atom stereocenters. The molecule has 1 N–H and O–H groups in total. The van der Waals surface area contributed by atoms with Gasteiger partial charge < -0.3 is 5.32 Å². The minimum Gasteiger partial charge on any atom is -0.369 e. The number of nitrogens with one attached hydrogen (secondary N) is 1. The fraction of sp³-hybridized carbons (Fsp3) is 0.421. The third kappa shape index (κ3) is 2.86. The number of nitriles is 1. The molecule has 1 heterocycles. The van der Waals surface area contributed by atoms with Crippen LogP contribution in [0.3, 0.4) is 0 Å². The van der Waals surface area contributed by atoms with Crippen molar-refractivity contribution in [3.8, 4) is 6.07 Å². The molecule has 0 saturated heterocycles. The largest absolute Gasteiger partial charge is 0.369 e. The molecule has 3 rings (SSSR count). The topological polar surface area (TPSA) is 79.8 Å². The van der Waals surface area contributed by atoms with Crippen LogP contribution in [0.1, 0.15) is 36.8 Å². The molecule has 130 valence electrons. The smallest absolute Gasteiger partial charge is 0.332 e. The van der Waals surface area contributed by atoms with Crippen molar-refractivity contribution in [3.05, 3.63) is 62.3 Å². The quantitative estimate of drug-likeness (QED) is 0.923. The van der Waals surface area contributed by atoms with Gasteiger partial charge in [-0.3, -0.25) is 13.9 Å². The van der Waals surface area contributed by atoms with Crippen molar-refractivity contribution in [2.45, 2.75) is 31.1 Å². The third-order valence-corrected chi connectivity index (χ3v) is 5.32. The Hall–Kier alpha value is -2.81. The molecule has 1 aromatic carbocycles. The number of hydrogen-bond acceptors (Lipinski definition) is 4. The lowest BCUT2D eigenvalue weighted by atomic mass is 9.79. The average Bonchev–Trinajstić information content (AvgIpc) is 3.13. The lowest BCUT2D eigenvalue weighted by molar-refractivity contribution is 0.464. The summed E-state index contributed by atoms with van der Waals surface area (Å²) in [5, 5.41) is 12.6. The Bertz CT molecular complexity index is 929. The highest BCUT2D eigenvalue weighted by Gasteiger charge is 2.35. The predicted molar refractivity (Wildman–Crippen MR) is 96.7 cm³/mol. The number of aromatic nitrogens is 2. The SMILES string of the molecule is Cn1c(NCC2(c3ccccc3)CCCC2)c(C#N)c(=O)n(C)c1=O. The van der Waals surface area contributed by atoms with Crippen LogP contribution in [0.4, 0.5) is 5.82 Å². The first-order chi connectivity index (χ1) is 12.0. The molecule has 6 nitrogen and oxygen atoms in total. The molecule has 2 aromatic rings. The number of benzene rings is 1. The highest BCUT2D eigenvalue weighted by molar-refractivity contribution is 5.52. The predicted octanol–water partition coefficient (Wildman–Crippen LogP) is 1.88. The Morgan fingerprint density at radius 2 is 1.76 bits per heavy atom. The van der Waals surface area contributed by atoms with Crippen LogP contribution in [0, 0.1) is 11.3 Å². The summed E-state index contributed by atoms with van der Waals surface area (Å²) in [6.07, 6.45) is 4.39. The average molecular weight is 338 g/mol. The minimum atomic E-state index is -0.562. The van der Waals surface area contributed by atoms with Gasteiger partial charge in [0.25, 0.3) is 5.56 Å². The molecule has 0 amide bonds. The maximum Gasteiger partial charge on any atom is 0.332 e.